The van der Waals surface area contributed by atoms with Crippen LogP contribution in [0.1, 0.15) is 25.7 Å². The van der Waals surface area contributed by atoms with Gasteiger partial charge in [-0.1, -0.05) is 12.1 Å². The van der Waals surface area contributed by atoms with E-state index in [1.807, 2.05) is 12.1 Å². The minimum absolute atomic E-state index is 0.0991. The standard InChI is InChI=1S/C18H26FN3/c19-16-3-1-2-4-18(16)21-9-7-14(8-10-21)22-11-15(13-5-6-13)17(20)12-22/h1-4,13-15,17H,5-12,20H2/t15-,17+/m1/s1. The molecule has 0 radical (unpaired) electrons. The first-order valence-corrected chi connectivity index (χ1v) is 8.71. The molecular formula is C18H26FN3. The summed E-state index contributed by atoms with van der Waals surface area (Å²) in [5.74, 6) is 1.53. The fourth-order valence-corrected chi connectivity index (χ4v) is 4.39. The summed E-state index contributed by atoms with van der Waals surface area (Å²) in [7, 11) is 0. The molecule has 0 aromatic heterocycles. The summed E-state index contributed by atoms with van der Waals surface area (Å²) in [4.78, 5) is 4.81. The summed E-state index contributed by atoms with van der Waals surface area (Å²) in [6.45, 7) is 4.15. The number of hydrogen-bond donors (Lipinski definition) is 1. The van der Waals surface area contributed by atoms with E-state index in [9.17, 15) is 4.39 Å². The first-order valence-electron chi connectivity index (χ1n) is 8.71. The molecule has 4 heteroatoms. The average Bonchev–Trinajstić information content (AvgIpc) is 3.31. The van der Waals surface area contributed by atoms with Gasteiger partial charge in [0.2, 0.25) is 0 Å². The van der Waals surface area contributed by atoms with Gasteiger partial charge in [-0.25, -0.2) is 4.39 Å². The van der Waals surface area contributed by atoms with Gasteiger partial charge in [0.1, 0.15) is 5.82 Å². The second-order valence-electron chi connectivity index (χ2n) is 7.29. The molecule has 2 aliphatic heterocycles. The summed E-state index contributed by atoms with van der Waals surface area (Å²) >= 11 is 0. The van der Waals surface area contributed by atoms with Crippen LogP contribution in [-0.2, 0) is 0 Å². The molecule has 1 saturated carbocycles. The van der Waals surface area contributed by atoms with Gasteiger partial charge >= 0.3 is 0 Å². The highest BCUT2D eigenvalue weighted by molar-refractivity contribution is 5.47. The van der Waals surface area contributed by atoms with E-state index in [1.165, 1.54) is 19.4 Å². The zero-order valence-electron chi connectivity index (χ0n) is 13.1. The van der Waals surface area contributed by atoms with Crippen molar-refractivity contribution in [3.05, 3.63) is 30.1 Å². The minimum atomic E-state index is -0.0991. The summed E-state index contributed by atoms with van der Waals surface area (Å²) in [5, 5.41) is 0. The molecule has 2 atom stereocenters. The normalized spacial score (nSPS) is 30.9. The van der Waals surface area contributed by atoms with Gasteiger partial charge in [-0.3, -0.25) is 4.90 Å². The Kier molecular flexibility index (Phi) is 3.82. The van der Waals surface area contributed by atoms with Crippen LogP contribution in [0.25, 0.3) is 0 Å². The Balaban J connectivity index is 1.35. The highest BCUT2D eigenvalue weighted by atomic mass is 19.1. The van der Waals surface area contributed by atoms with E-state index in [1.54, 1.807) is 12.1 Å². The number of benzene rings is 1. The quantitative estimate of drug-likeness (QED) is 0.931. The van der Waals surface area contributed by atoms with E-state index in [0.29, 0.717) is 12.1 Å². The maximum Gasteiger partial charge on any atom is 0.146 e. The third-order valence-corrected chi connectivity index (χ3v) is 5.84. The lowest BCUT2D eigenvalue weighted by molar-refractivity contribution is 0.197. The Morgan fingerprint density at radius 1 is 1.00 bits per heavy atom. The first kappa shape index (κ1) is 14.5. The molecular weight excluding hydrogens is 277 g/mol. The third kappa shape index (κ3) is 2.74. The smallest absolute Gasteiger partial charge is 0.146 e. The largest absolute Gasteiger partial charge is 0.369 e. The number of para-hydroxylation sites is 1. The van der Waals surface area contributed by atoms with Crippen molar-refractivity contribution in [3.63, 3.8) is 0 Å². The zero-order valence-corrected chi connectivity index (χ0v) is 13.1. The molecule has 22 heavy (non-hydrogen) atoms. The Labute approximate surface area is 132 Å². The number of piperidine rings is 1. The molecule has 4 rings (SSSR count). The van der Waals surface area contributed by atoms with Gasteiger partial charge in [0, 0.05) is 38.3 Å². The number of halogens is 1. The van der Waals surface area contributed by atoms with Crippen molar-refractivity contribution < 1.29 is 4.39 Å². The van der Waals surface area contributed by atoms with E-state index >= 15 is 0 Å². The van der Waals surface area contributed by atoms with Gasteiger partial charge < -0.3 is 10.6 Å². The molecule has 1 aromatic rings. The van der Waals surface area contributed by atoms with Crippen LogP contribution in [0.4, 0.5) is 10.1 Å². The number of nitrogens with two attached hydrogens (primary N) is 1. The highest BCUT2D eigenvalue weighted by Crippen LogP contribution is 2.41. The Morgan fingerprint density at radius 2 is 1.73 bits per heavy atom. The summed E-state index contributed by atoms with van der Waals surface area (Å²) in [5.41, 5.74) is 7.11. The summed E-state index contributed by atoms with van der Waals surface area (Å²) in [6, 6.07) is 8.14. The molecule has 3 fully saturated rings. The van der Waals surface area contributed by atoms with Crippen molar-refractivity contribution in [1.82, 2.24) is 4.90 Å². The summed E-state index contributed by atoms with van der Waals surface area (Å²) < 4.78 is 13.9. The molecule has 0 unspecified atom stereocenters. The minimum Gasteiger partial charge on any atom is -0.369 e. The fraction of sp³-hybridized carbons (Fsp3) is 0.667. The van der Waals surface area contributed by atoms with Gasteiger partial charge in [0.05, 0.1) is 5.69 Å². The van der Waals surface area contributed by atoms with Crippen molar-refractivity contribution in [1.29, 1.82) is 0 Å². The van der Waals surface area contributed by atoms with Crippen LogP contribution in [0.5, 0.6) is 0 Å². The van der Waals surface area contributed by atoms with Crippen molar-refractivity contribution in [3.8, 4) is 0 Å². The van der Waals surface area contributed by atoms with E-state index in [2.05, 4.69) is 9.80 Å². The second kappa shape index (κ2) is 5.82. The molecule has 1 aliphatic carbocycles. The zero-order chi connectivity index (χ0) is 15.1. The Hall–Kier alpha value is -1.13. The van der Waals surface area contributed by atoms with Crippen LogP contribution < -0.4 is 10.6 Å². The van der Waals surface area contributed by atoms with Crippen LogP contribution in [0, 0.1) is 17.7 Å². The molecule has 0 spiro atoms. The van der Waals surface area contributed by atoms with E-state index in [0.717, 1.165) is 50.0 Å². The lowest BCUT2D eigenvalue weighted by atomic mass is 9.99. The average molecular weight is 303 g/mol. The predicted molar refractivity (Wildman–Crippen MR) is 87.4 cm³/mol. The molecule has 3 nitrogen and oxygen atoms in total. The number of likely N-dealkylation sites (tertiary alicyclic amines) is 1. The Bertz CT molecular complexity index is 523. The van der Waals surface area contributed by atoms with Crippen molar-refractivity contribution >= 4 is 5.69 Å². The lowest BCUT2D eigenvalue weighted by Gasteiger charge is -2.38. The van der Waals surface area contributed by atoms with Gasteiger partial charge in [-0.15, -0.1) is 0 Å². The number of anilines is 1. The second-order valence-corrected chi connectivity index (χ2v) is 7.29. The highest BCUT2D eigenvalue weighted by Gasteiger charge is 2.42. The Morgan fingerprint density at radius 3 is 2.41 bits per heavy atom. The van der Waals surface area contributed by atoms with Crippen LogP contribution in [0.15, 0.2) is 24.3 Å². The number of nitrogens with zero attached hydrogens (tertiary/aromatic N) is 2. The summed E-state index contributed by atoms with van der Waals surface area (Å²) in [6.07, 6.45) is 5.02. The van der Waals surface area contributed by atoms with Gasteiger partial charge in [0.15, 0.2) is 0 Å². The van der Waals surface area contributed by atoms with Gasteiger partial charge in [-0.05, 0) is 49.7 Å². The number of hydrogen-bond acceptors (Lipinski definition) is 3. The van der Waals surface area contributed by atoms with Gasteiger partial charge in [0.25, 0.3) is 0 Å². The molecule has 1 aromatic carbocycles. The van der Waals surface area contributed by atoms with Crippen molar-refractivity contribution in [2.24, 2.45) is 17.6 Å². The molecule has 120 valence electrons. The third-order valence-electron chi connectivity index (χ3n) is 5.84. The molecule has 2 saturated heterocycles. The molecule has 2 heterocycles. The van der Waals surface area contributed by atoms with Gasteiger partial charge in [-0.2, -0.15) is 0 Å². The monoisotopic (exact) mass is 303 g/mol. The molecule has 0 bridgehead atoms. The molecule has 0 amide bonds. The van der Waals surface area contributed by atoms with E-state index in [-0.39, 0.29) is 5.82 Å². The van der Waals surface area contributed by atoms with Crippen molar-refractivity contribution in [2.45, 2.75) is 37.8 Å². The number of rotatable bonds is 3. The lowest BCUT2D eigenvalue weighted by Crippen LogP contribution is -2.45. The van der Waals surface area contributed by atoms with E-state index in [4.69, 9.17) is 5.73 Å². The fourth-order valence-electron chi connectivity index (χ4n) is 4.39. The topological polar surface area (TPSA) is 32.5 Å². The van der Waals surface area contributed by atoms with Crippen LogP contribution in [-0.4, -0.2) is 43.2 Å². The maximum absolute atomic E-state index is 13.9. The maximum atomic E-state index is 13.9. The molecule has 3 aliphatic rings. The molecule has 2 N–H and O–H groups in total. The first-order chi connectivity index (χ1) is 10.7. The predicted octanol–water partition coefficient (Wildman–Crippen LogP) is 2.46. The van der Waals surface area contributed by atoms with Crippen molar-refractivity contribution in [2.75, 3.05) is 31.1 Å². The SMILES string of the molecule is N[C@H]1CN(C2CCN(c3ccccc3F)CC2)C[C@@H]1C1CC1. The van der Waals surface area contributed by atoms with Crippen LogP contribution in [0.3, 0.4) is 0 Å². The van der Waals surface area contributed by atoms with Crippen LogP contribution in [0.2, 0.25) is 0 Å². The van der Waals surface area contributed by atoms with E-state index < -0.39 is 0 Å². The van der Waals surface area contributed by atoms with Crippen LogP contribution >= 0.6 is 0 Å².